The quantitative estimate of drug-likeness (QED) is 0.799. The van der Waals surface area contributed by atoms with Crippen LogP contribution in [0.3, 0.4) is 0 Å². The first kappa shape index (κ1) is 19.1. The number of fused-ring (bicyclic) bond motifs is 2. The molecule has 0 aromatic heterocycles. The summed E-state index contributed by atoms with van der Waals surface area (Å²) >= 11 is 0. The molecule has 2 fully saturated rings. The molecule has 7 nitrogen and oxygen atoms in total. The normalized spacial score (nSPS) is 26.8. The zero-order chi connectivity index (χ0) is 19.5. The first-order chi connectivity index (χ1) is 13.7. The fourth-order valence-electron chi connectivity index (χ4n) is 4.76. The average molecular weight is 388 g/mol. The highest BCUT2D eigenvalue weighted by Gasteiger charge is 2.46. The number of ether oxygens (including phenoxy) is 3. The lowest BCUT2D eigenvalue weighted by Crippen LogP contribution is -2.46. The van der Waals surface area contributed by atoms with Gasteiger partial charge in [-0.05, 0) is 37.3 Å². The third kappa shape index (κ3) is 3.94. The van der Waals surface area contributed by atoms with Gasteiger partial charge in [-0.2, -0.15) is 0 Å². The molecule has 7 heteroatoms. The van der Waals surface area contributed by atoms with E-state index in [1.54, 1.807) is 6.07 Å². The minimum atomic E-state index is -0.326. The van der Waals surface area contributed by atoms with Crippen LogP contribution in [0.4, 0.5) is 5.69 Å². The van der Waals surface area contributed by atoms with Crippen LogP contribution in [-0.4, -0.2) is 55.7 Å². The van der Waals surface area contributed by atoms with E-state index in [0.717, 1.165) is 32.1 Å². The van der Waals surface area contributed by atoms with Gasteiger partial charge in [0.2, 0.25) is 5.91 Å². The van der Waals surface area contributed by atoms with Gasteiger partial charge in [0.05, 0.1) is 26.9 Å². The van der Waals surface area contributed by atoms with E-state index < -0.39 is 0 Å². The lowest BCUT2D eigenvalue weighted by atomic mass is 9.85. The Hall–Kier alpha value is -2.28. The second-order valence-electron chi connectivity index (χ2n) is 7.82. The van der Waals surface area contributed by atoms with E-state index in [-0.39, 0.29) is 30.5 Å². The lowest BCUT2D eigenvalue weighted by Gasteiger charge is -2.32. The van der Waals surface area contributed by atoms with E-state index in [1.807, 2.05) is 17.0 Å². The number of benzene rings is 1. The molecule has 2 heterocycles. The minimum Gasteiger partial charge on any atom is -0.490 e. The van der Waals surface area contributed by atoms with E-state index in [0.29, 0.717) is 36.3 Å². The van der Waals surface area contributed by atoms with Crippen LogP contribution in [-0.2, 0) is 14.3 Å². The molecule has 0 bridgehead atoms. The maximum absolute atomic E-state index is 12.8. The van der Waals surface area contributed by atoms with Crippen molar-refractivity contribution in [3.63, 3.8) is 0 Å². The first-order valence-corrected chi connectivity index (χ1v) is 10.2. The Morgan fingerprint density at radius 1 is 1.14 bits per heavy atom. The molecule has 2 aliphatic heterocycles. The van der Waals surface area contributed by atoms with E-state index in [1.165, 1.54) is 13.5 Å². The van der Waals surface area contributed by atoms with Gasteiger partial charge >= 0.3 is 5.97 Å². The molecule has 1 aromatic rings. The molecule has 1 aromatic carbocycles. The third-order valence-electron chi connectivity index (χ3n) is 6.05. The maximum Gasteiger partial charge on any atom is 0.323 e. The van der Waals surface area contributed by atoms with E-state index >= 15 is 0 Å². The number of rotatable bonds is 4. The second kappa shape index (κ2) is 8.39. The second-order valence-corrected chi connectivity index (χ2v) is 7.82. The molecule has 1 aliphatic carbocycles. The number of hydrogen-bond acceptors (Lipinski definition) is 6. The predicted octanol–water partition coefficient (Wildman–Crippen LogP) is 2.59. The maximum atomic E-state index is 12.8. The predicted molar refractivity (Wildman–Crippen MR) is 104 cm³/mol. The summed E-state index contributed by atoms with van der Waals surface area (Å²) in [5, 5.41) is 2.94. The molecule has 3 aliphatic rings. The van der Waals surface area contributed by atoms with Crippen molar-refractivity contribution >= 4 is 17.6 Å². The van der Waals surface area contributed by atoms with Gasteiger partial charge in [-0.15, -0.1) is 0 Å². The van der Waals surface area contributed by atoms with Crippen molar-refractivity contribution in [2.75, 3.05) is 32.2 Å². The van der Waals surface area contributed by atoms with Crippen molar-refractivity contribution in [1.82, 2.24) is 4.90 Å². The zero-order valence-electron chi connectivity index (χ0n) is 16.3. The monoisotopic (exact) mass is 388 g/mol. The van der Waals surface area contributed by atoms with Crippen molar-refractivity contribution in [2.24, 2.45) is 5.92 Å². The molecular formula is C21H28N2O5. The molecule has 1 N–H and O–H groups in total. The highest BCUT2D eigenvalue weighted by Crippen LogP contribution is 2.40. The van der Waals surface area contributed by atoms with Crippen molar-refractivity contribution in [1.29, 1.82) is 0 Å². The largest absolute Gasteiger partial charge is 0.490 e. The zero-order valence-corrected chi connectivity index (χ0v) is 16.3. The topological polar surface area (TPSA) is 77.1 Å². The summed E-state index contributed by atoms with van der Waals surface area (Å²) in [7, 11) is 1.42. The number of likely N-dealkylation sites (tertiary alicyclic amines) is 1. The Labute approximate surface area is 165 Å². The molecule has 0 spiro atoms. The number of anilines is 1. The van der Waals surface area contributed by atoms with Crippen LogP contribution < -0.4 is 14.8 Å². The van der Waals surface area contributed by atoms with Crippen molar-refractivity contribution in [3.8, 4) is 11.5 Å². The molecule has 0 unspecified atom stereocenters. The molecule has 1 saturated carbocycles. The number of hydrogen-bond donors (Lipinski definition) is 1. The molecule has 3 atom stereocenters. The SMILES string of the molecule is COC(=O)[C@@H]1C[C@@H]2CCCC[C@H]2N1CC(=O)Nc1ccc2c(c1)OCCCO2. The molecule has 4 rings (SSSR count). The van der Waals surface area contributed by atoms with Crippen LogP contribution in [0.25, 0.3) is 0 Å². The number of methoxy groups -OCH3 is 1. The molecule has 1 amide bonds. The Balaban J connectivity index is 1.44. The Morgan fingerprint density at radius 2 is 1.93 bits per heavy atom. The number of esters is 1. The van der Waals surface area contributed by atoms with Gasteiger partial charge in [-0.25, -0.2) is 0 Å². The standard InChI is InChI=1S/C21H28N2O5/c1-26-21(25)17-11-14-5-2-3-6-16(14)23(17)13-20(24)22-15-7-8-18-19(12-15)28-10-4-9-27-18/h7-8,12,14,16-17H,2-6,9-11,13H2,1H3,(H,22,24)/t14-,16+,17-/m0/s1. The molecular weight excluding hydrogens is 360 g/mol. The number of carbonyl (C=O) groups excluding carboxylic acids is 2. The Kier molecular flexibility index (Phi) is 5.71. The van der Waals surface area contributed by atoms with Crippen LogP contribution in [0.15, 0.2) is 18.2 Å². The first-order valence-electron chi connectivity index (χ1n) is 10.2. The highest BCUT2D eigenvalue weighted by molar-refractivity contribution is 5.93. The van der Waals surface area contributed by atoms with E-state index in [2.05, 4.69) is 5.32 Å². The van der Waals surface area contributed by atoms with Crippen LogP contribution in [0.2, 0.25) is 0 Å². The van der Waals surface area contributed by atoms with Crippen LogP contribution in [0, 0.1) is 5.92 Å². The average Bonchev–Trinajstić information content (AvgIpc) is 2.90. The van der Waals surface area contributed by atoms with Gasteiger partial charge < -0.3 is 19.5 Å². The molecule has 0 radical (unpaired) electrons. The number of amides is 1. The van der Waals surface area contributed by atoms with Gasteiger partial charge in [0, 0.05) is 24.2 Å². The van der Waals surface area contributed by atoms with Crippen LogP contribution in [0.5, 0.6) is 11.5 Å². The summed E-state index contributed by atoms with van der Waals surface area (Å²) in [6, 6.07) is 5.39. The summed E-state index contributed by atoms with van der Waals surface area (Å²) < 4.78 is 16.3. The lowest BCUT2D eigenvalue weighted by molar-refractivity contribution is -0.146. The van der Waals surface area contributed by atoms with Gasteiger partial charge in [0.15, 0.2) is 11.5 Å². The number of nitrogens with zero attached hydrogens (tertiary/aromatic N) is 1. The third-order valence-corrected chi connectivity index (χ3v) is 6.05. The smallest absolute Gasteiger partial charge is 0.323 e. The number of carbonyl (C=O) groups is 2. The molecule has 152 valence electrons. The Bertz CT molecular complexity index is 738. The molecule has 1 saturated heterocycles. The fraction of sp³-hybridized carbons (Fsp3) is 0.619. The summed E-state index contributed by atoms with van der Waals surface area (Å²) in [4.78, 5) is 27.1. The van der Waals surface area contributed by atoms with Crippen molar-refractivity contribution in [2.45, 2.75) is 50.6 Å². The summed E-state index contributed by atoms with van der Waals surface area (Å²) in [5.41, 5.74) is 0.670. The van der Waals surface area contributed by atoms with Crippen molar-refractivity contribution in [3.05, 3.63) is 18.2 Å². The summed E-state index contributed by atoms with van der Waals surface area (Å²) in [6.45, 7) is 1.42. The van der Waals surface area contributed by atoms with Gasteiger partial charge in [-0.1, -0.05) is 12.8 Å². The van der Waals surface area contributed by atoms with E-state index in [9.17, 15) is 9.59 Å². The number of nitrogens with one attached hydrogen (secondary N) is 1. The van der Waals surface area contributed by atoms with Gasteiger partial charge in [0.1, 0.15) is 6.04 Å². The highest BCUT2D eigenvalue weighted by atomic mass is 16.5. The molecule has 28 heavy (non-hydrogen) atoms. The van der Waals surface area contributed by atoms with Gasteiger partial charge in [-0.3, -0.25) is 14.5 Å². The summed E-state index contributed by atoms with van der Waals surface area (Å²) in [6.07, 6.45) is 6.13. The van der Waals surface area contributed by atoms with E-state index in [4.69, 9.17) is 14.2 Å². The minimum absolute atomic E-state index is 0.130. The van der Waals surface area contributed by atoms with Gasteiger partial charge in [0.25, 0.3) is 0 Å². The van der Waals surface area contributed by atoms with Crippen LogP contribution >= 0.6 is 0 Å². The van der Waals surface area contributed by atoms with Crippen LogP contribution in [0.1, 0.15) is 38.5 Å². The fourth-order valence-corrected chi connectivity index (χ4v) is 4.76. The van der Waals surface area contributed by atoms with Crippen molar-refractivity contribution < 1.29 is 23.8 Å². The summed E-state index contributed by atoms with van der Waals surface area (Å²) in [5.74, 6) is 1.46. The Morgan fingerprint density at radius 3 is 2.75 bits per heavy atom.